The van der Waals surface area contributed by atoms with Crippen molar-refractivity contribution in [1.29, 1.82) is 0 Å². The number of hydrogen-bond acceptors (Lipinski definition) is 4. The van der Waals surface area contributed by atoms with Crippen LogP contribution in [0.1, 0.15) is 10.8 Å². The maximum absolute atomic E-state index is 12.4. The minimum atomic E-state index is -4.52. The van der Waals surface area contributed by atoms with Gasteiger partial charge in [-0.1, -0.05) is 48.5 Å². The van der Waals surface area contributed by atoms with Crippen LogP contribution in [0.2, 0.25) is 0 Å². The summed E-state index contributed by atoms with van der Waals surface area (Å²) < 4.78 is 41.2. The minimum absolute atomic E-state index is 0.669. The van der Waals surface area contributed by atoms with E-state index in [9.17, 15) is 22.8 Å². The molecule has 0 saturated heterocycles. The zero-order chi connectivity index (χ0) is 19.0. The molecule has 0 aromatic heterocycles. The summed E-state index contributed by atoms with van der Waals surface area (Å²) in [5.74, 6) is -1.71. The van der Waals surface area contributed by atoms with Crippen molar-refractivity contribution in [3.8, 4) is 0 Å². The molecule has 1 atom stereocenters. The van der Waals surface area contributed by atoms with Gasteiger partial charge in [0, 0.05) is 4.90 Å². The molecule has 2 aromatic carbocycles. The smallest absolute Gasteiger partial charge is 0.405 e. The number of alkyl halides is 3. The van der Waals surface area contributed by atoms with E-state index in [4.69, 9.17) is 4.74 Å². The van der Waals surface area contributed by atoms with E-state index < -0.39 is 36.5 Å². The summed E-state index contributed by atoms with van der Waals surface area (Å²) in [4.78, 5) is 24.6. The first-order chi connectivity index (χ1) is 12.3. The molecule has 4 nitrogen and oxygen atoms in total. The van der Waals surface area contributed by atoms with Crippen LogP contribution < -0.4 is 5.32 Å². The predicted octanol–water partition coefficient (Wildman–Crippen LogP) is 3.74. The van der Waals surface area contributed by atoms with Crippen LogP contribution in [0.25, 0.3) is 0 Å². The monoisotopic (exact) mass is 383 g/mol. The lowest BCUT2D eigenvalue weighted by Gasteiger charge is -2.16. The summed E-state index contributed by atoms with van der Waals surface area (Å²) in [7, 11) is 0. The molecule has 8 heteroatoms. The Hall–Kier alpha value is -2.48. The van der Waals surface area contributed by atoms with Crippen LogP contribution in [0.15, 0.2) is 65.6 Å². The van der Waals surface area contributed by atoms with E-state index in [0.717, 1.165) is 4.90 Å². The molecule has 0 radical (unpaired) electrons. The molecule has 2 aromatic rings. The third-order valence-electron chi connectivity index (χ3n) is 3.15. The van der Waals surface area contributed by atoms with E-state index >= 15 is 0 Å². The van der Waals surface area contributed by atoms with Gasteiger partial charge >= 0.3 is 12.1 Å². The molecule has 26 heavy (non-hydrogen) atoms. The Morgan fingerprint density at radius 2 is 1.58 bits per heavy atom. The largest absolute Gasteiger partial charge is 0.454 e. The Morgan fingerprint density at radius 1 is 1.00 bits per heavy atom. The summed E-state index contributed by atoms with van der Waals surface area (Å²) in [6.45, 7) is -2.24. The third-order valence-corrected chi connectivity index (χ3v) is 4.39. The van der Waals surface area contributed by atoms with Gasteiger partial charge in [-0.3, -0.25) is 9.59 Å². The Bertz CT molecular complexity index is 723. The van der Waals surface area contributed by atoms with Crippen molar-refractivity contribution in [2.24, 2.45) is 0 Å². The van der Waals surface area contributed by atoms with Gasteiger partial charge < -0.3 is 10.1 Å². The Kier molecular flexibility index (Phi) is 7.08. The molecule has 0 fully saturated rings. The number of nitrogens with one attached hydrogen (secondary N) is 1. The number of rotatable bonds is 7. The predicted molar refractivity (Wildman–Crippen MR) is 91.5 cm³/mol. The molecule has 0 bridgehead atoms. The van der Waals surface area contributed by atoms with Gasteiger partial charge in [-0.2, -0.15) is 13.2 Å². The number of carbonyl (C=O) groups is 2. The van der Waals surface area contributed by atoms with Gasteiger partial charge in [-0.25, -0.2) is 0 Å². The lowest BCUT2D eigenvalue weighted by molar-refractivity contribution is -0.151. The van der Waals surface area contributed by atoms with Crippen LogP contribution in [-0.4, -0.2) is 31.2 Å². The van der Waals surface area contributed by atoms with Crippen LogP contribution in [-0.2, 0) is 14.3 Å². The van der Waals surface area contributed by atoms with Gasteiger partial charge in [0.1, 0.15) is 11.8 Å². The lowest BCUT2D eigenvalue weighted by Crippen LogP contribution is -2.36. The standard InChI is InChI=1S/C18H16F3NO3S/c19-18(20,21)12-22-15(23)11-25-17(24)16(13-7-3-1-4-8-13)26-14-9-5-2-6-10-14/h1-10,16H,11-12H2,(H,22,23)/t16-/m0/s1. The summed E-state index contributed by atoms with van der Waals surface area (Å²) in [6, 6.07) is 17.9. The number of carbonyl (C=O) groups excluding carboxylic acids is 2. The molecule has 2 rings (SSSR count). The first kappa shape index (κ1) is 19.8. The summed E-state index contributed by atoms with van der Waals surface area (Å²) >= 11 is 1.23. The number of amides is 1. The Labute approximate surface area is 152 Å². The third kappa shape index (κ3) is 6.79. The van der Waals surface area contributed by atoms with Crippen molar-refractivity contribution in [2.75, 3.05) is 13.2 Å². The topological polar surface area (TPSA) is 55.4 Å². The molecule has 0 unspecified atom stereocenters. The molecule has 1 amide bonds. The number of thioether (sulfide) groups is 1. The van der Waals surface area contributed by atoms with Crippen molar-refractivity contribution < 1.29 is 27.5 Å². The van der Waals surface area contributed by atoms with E-state index in [1.807, 2.05) is 30.3 Å². The molecule has 0 aliphatic rings. The van der Waals surface area contributed by atoms with E-state index in [1.165, 1.54) is 11.8 Å². The van der Waals surface area contributed by atoms with Gasteiger partial charge in [-0.05, 0) is 17.7 Å². The fourth-order valence-corrected chi connectivity index (χ4v) is 3.02. The molecule has 138 valence electrons. The minimum Gasteiger partial charge on any atom is -0.454 e. The summed E-state index contributed by atoms with van der Waals surface area (Å²) in [6.07, 6.45) is -4.52. The molecule has 1 N–H and O–H groups in total. The highest BCUT2D eigenvalue weighted by Gasteiger charge is 2.28. The number of benzene rings is 2. The van der Waals surface area contributed by atoms with Crippen molar-refractivity contribution >= 4 is 23.6 Å². The Morgan fingerprint density at radius 3 is 2.15 bits per heavy atom. The van der Waals surface area contributed by atoms with Gasteiger partial charge in [0.2, 0.25) is 0 Å². The molecule has 0 spiro atoms. The van der Waals surface area contributed by atoms with Gasteiger partial charge in [0.05, 0.1) is 0 Å². The second-order valence-corrected chi connectivity index (χ2v) is 6.40. The molecular weight excluding hydrogens is 367 g/mol. The van der Waals surface area contributed by atoms with Crippen LogP contribution >= 0.6 is 11.8 Å². The second kappa shape index (κ2) is 9.28. The molecular formula is C18H16F3NO3S. The summed E-state index contributed by atoms with van der Waals surface area (Å²) in [5, 5.41) is 0.917. The fourth-order valence-electron chi connectivity index (χ4n) is 1.98. The van der Waals surface area contributed by atoms with Crippen LogP contribution in [0.5, 0.6) is 0 Å². The van der Waals surface area contributed by atoms with Crippen LogP contribution in [0, 0.1) is 0 Å². The van der Waals surface area contributed by atoms with E-state index in [-0.39, 0.29) is 0 Å². The first-order valence-electron chi connectivity index (χ1n) is 7.62. The highest BCUT2D eigenvalue weighted by Crippen LogP contribution is 2.36. The quantitative estimate of drug-likeness (QED) is 0.585. The highest BCUT2D eigenvalue weighted by atomic mass is 32.2. The SMILES string of the molecule is O=C(COC(=O)[C@@H](Sc1ccccc1)c1ccccc1)NCC(F)(F)F. The number of esters is 1. The van der Waals surface area contributed by atoms with E-state index in [0.29, 0.717) is 5.56 Å². The maximum atomic E-state index is 12.4. The normalized spacial score (nSPS) is 12.3. The van der Waals surface area contributed by atoms with Crippen molar-refractivity contribution in [3.05, 3.63) is 66.2 Å². The number of ether oxygens (including phenoxy) is 1. The van der Waals surface area contributed by atoms with Crippen molar-refractivity contribution in [3.63, 3.8) is 0 Å². The van der Waals surface area contributed by atoms with Crippen molar-refractivity contribution in [2.45, 2.75) is 16.3 Å². The molecule has 0 saturated carbocycles. The lowest BCUT2D eigenvalue weighted by atomic mass is 10.1. The number of hydrogen-bond donors (Lipinski definition) is 1. The van der Waals surface area contributed by atoms with Crippen LogP contribution in [0.4, 0.5) is 13.2 Å². The fraction of sp³-hybridized carbons (Fsp3) is 0.222. The highest BCUT2D eigenvalue weighted by molar-refractivity contribution is 8.00. The van der Waals surface area contributed by atoms with Gasteiger partial charge in [-0.15, -0.1) is 11.8 Å². The zero-order valence-corrected chi connectivity index (χ0v) is 14.3. The molecule has 0 aliphatic heterocycles. The maximum Gasteiger partial charge on any atom is 0.405 e. The average molecular weight is 383 g/mol. The average Bonchev–Trinajstić information content (AvgIpc) is 2.63. The van der Waals surface area contributed by atoms with E-state index in [2.05, 4.69) is 0 Å². The van der Waals surface area contributed by atoms with Crippen molar-refractivity contribution in [1.82, 2.24) is 5.32 Å². The van der Waals surface area contributed by atoms with Gasteiger partial charge in [0.25, 0.3) is 5.91 Å². The molecule has 0 heterocycles. The van der Waals surface area contributed by atoms with Crippen LogP contribution in [0.3, 0.4) is 0 Å². The van der Waals surface area contributed by atoms with E-state index in [1.54, 1.807) is 35.6 Å². The Balaban J connectivity index is 2.01. The first-order valence-corrected chi connectivity index (χ1v) is 8.50. The number of halogens is 3. The zero-order valence-electron chi connectivity index (χ0n) is 13.5. The van der Waals surface area contributed by atoms with Gasteiger partial charge in [0.15, 0.2) is 6.61 Å². The molecule has 0 aliphatic carbocycles. The summed E-state index contributed by atoms with van der Waals surface area (Å²) in [5.41, 5.74) is 0.669. The second-order valence-electron chi connectivity index (χ2n) is 5.22.